The maximum Gasteiger partial charge on any atom is 0.270 e. The number of nitrogens with zero attached hydrogens (tertiary/aromatic N) is 3. The summed E-state index contributed by atoms with van der Waals surface area (Å²) in [6.45, 7) is 1.14. The minimum absolute atomic E-state index is 0.206. The van der Waals surface area contributed by atoms with Crippen molar-refractivity contribution in [3.05, 3.63) is 84.1 Å². The second-order valence-electron chi connectivity index (χ2n) is 5.49. The van der Waals surface area contributed by atoms with E-state index < -0.39 is 0 Å². The monoisotopic (exact) mass is 333 g/mol. The van der Waals surface area contributed by atoms with E-state index in [9.17, 15) is 4.79 Å². The molecule has 0 aliphatic carbocycles. The molecular weight excluding hydrogens is 314 g/mol. The van der Waals surface area contributed by atoms with Crippen LogP contribution in [-0.2, 0) is 13.0 Å². The van der Waals surface area contributed by atoms with Gasteiger partial charge < -0.3 is 10.6 Å². The Bertz CT molecular complexity index is 808. The summed E-state index contributed by atoms with van der Waals surface area (Å²) in [6, 6.07) is 15.5. The summed E-state index contributed by atoms with van der Waals surface area (Å²) in [5.41, 5.74) is 2.57. The minimum atomic E-state index is -0.206. The van der Waals surface area contributed by atoms with Crippen LogP contribution in [-0.4, -0.2) is 27.4 Å². The van der Waals surface area contributed by atoms with Crippen LogP contribution in [0.3, 0.4) is 0 Å². The van der Waals surface area contributed by atoms with E-state index in [1.54, 1.807) is 18.5 Å². The number of nitrogens with one attached hydrogen (secondary N) is 2. The van der Waals surface area contributed by atoms with E-state index in [-0.39, 0.29) is 5.91 Å². The Morgan fingerprint density at radius 3 is 2.64 bits per heavy atom. The van der Waals surface area contributed by atoms with E-state index in [2.05, 4.69) is 25.6 Å². The summed E-state index contributed by atoms with van der Waals surface area (Å²) in [6.07, 6.45) is 5.68. The number of benzene rings is 1. The Morgan fingerprint density at radius 1 is 1.00 bits per heavy atom. The SMILES string of the molecule is O=C(NCCc1ccccc1)c1cc(NCc2cccnc2)ncn1. The fourth-order valence-corrected chi connectivity index (χ4v) is 2.33. The summed E-state index contributed by atoms with van der Waals surface area (Å²) >= 11 is 0. The van der Waals surface area contributed by atoms with Gasteiger partial charge in [-0.3, -0.25) is 9.78 Å². The van der Waals surface area contributed by atoms with Crippen molar-refractivity contribution in [3.8, 4) is 0 Å². The van der Waals surface area contributed by atoms with Gasteiger partial charge in [-0.1, -0.05) is 36.4 Å². The molecule has 0 fully saturated rings. The average Bonchev–Trinajstić information content (AvgIpc) is 2.68. The van der Waals surface area contributed by atoms with Crippen LogP contribution in [0.5, 0.6) is 0 Å². The van der Waals surface area contributed by atoms with Crippen molar-refractivity contribution >= 4 is 11.7 Å². The number of hydrogen-bond donors (Lipinski definition) is 2. The molecule has 0 aliphatic heterocycles. The van der Waals surface area contributed by atoms with Crippen LogP contribution in [0.1, 0.15) is 21.6 Å². The third-order valence-electron chi connectivity index (χ3n) is 3.64. The fourth-order valence-electron chi connectivity index (χ4n) is 2.33. The van der Waals surface area contributed by atoms with Gasteiger partial charge in [0.25, 0.3) is 5.91 Å². The number of pyridine rings is 1. The lowest BCUT2D eigenvalue weighted by Gasteiger charge is -2.08. The molecule has 0 saturated heterocycles. The normalized spacial score (nSPS) is 10.2. The maximum absolute atomic E-state index is 12.2. The molecule has 1 amide bonds. The first-order valence-electron chi connectivity index (χ1n) is 8.08. The van der Waals surface area contributed by atoms with Gasteiger partial charge in [-0.05, 0) is 23.6 Å². The first kappa shape index (κ1) is 16.6. The van der Waals surface area contributed by atoms with Crippen molar-refractivity contribution in [2.24, 2.45) is 0 Å². The fraction of sp³-hybridized carbons (Fsp3) is 0.158. The van der Waals surface area contributed by atoms with Crippen molar-refractivity contribution in [1.29, 1.82) is 0 Å². The molecule has 2 aromatic heterocycles. The standard InChI is InChI=1S/C19H19N5O/c25-19(21-10-8-15-5-2-1-3-6-15)17-11-18(24-14-23-17)22-13-16-7-4-9-20-12-16/h1-7,9,11-12,14H,8,10,13H2,(H,21,25)(H,22,23,24). The Hall–Kier alpha value is -3.28. The number of carbonyl (C=O) groups excluding carboxylic acids is 1. The molecule has 3 aromatic rings. The molecule has 25 heavy (non-hydrogen) atoms. The Kier molecular flexibility index (Phi) is 5.66. The van der Waals surface area contributed by atoms with Gasteiger partial charge in [0, 0.05) is 31.5 Å². The first-order chi connectivity index (χ1) is 12.3. The third-order valence-corrected chi connectivity index (χ3v) is 3.64. The van der Waals surface area contributed by atoms with Crippen molar-refractivity contribution in [2.75, 3.05) is 11.9 Å². The molecule has 0 aliphatic rings. The van der Waals surface area contributed by atoms with Crippen LogP contribution in [0.4, 0.5) is 5.82 Å². The highest BCUT2D eigenvalue weighted by Crippen LogP contribution is 2.07. The zero-order valence-corrected chi connectivity index (χ0v) is 13.7. The first-order valence-corrected chi connectivity index (χ1v) is 8.08. The largest absolute Gasteiger partial charge is 0.366 e. The Morgan fingerprint density at radius 2 is 1.84 bits per heavy atom. The Balaban J connectivity index is 1.52. The van der Waals surface area contributed by atoms with Gasteiger partial charge in [0.1, 0.15) is 17.8 Å². The summed E-state index contributed by atoms with van der Waals surface area (Å²) in [5, 5.41) is 6.05. The van der Waals surface area contributed by atoms with E-state index in [0.29, 0.717) is 24.6 Å². The smallest absolute Gasteiger partial charge is 0.270 e. The van der Waals surface area contributed by atoms with Gasteiger partial charge in [0.05, 0.1) is 0 Å². The molecule has 0 bridgehead atoms. The van der Waals surface area contributed by atoms with Crippen LogP contribution in [0.25, 0.3) is 0 Å². The summed E-state index contributed by atoms with van der Waals surface area (Å²) in [5.74, 6) is 0.398. The van der Waals surface area contributed by atoms with E-state index in [4.69, 9.17) is 0 Å². The van der Waals surface area contributed by atoms with E-state index in [1.807, 2.05) is 42.5 Å². The third kappa shape index (κ3) is 5.10. The van der Waals surface area contributed by atoms with E-state index in [0.717, 1.165) is 12.0 Å². The van der Waals surface area contributed by atoms with Crippen LogP contribution in [0.15, 0.2) is 67.3 Å². The molecule has 6 heteroatoms. The molecule has 2 N–H and O–H groups in total. The highest BCUT2D eigenvalue weighted by atomic mass is 16.1. The average molecular weight is 333 g/mol. The molecule has 2 heterocycles. The van der Waals surface area contributed by atoms with Gasteiger partial charge in [0.2, 0.25) is 0 Å². The number of amides is 1. The second-order valence-corrected chi connectivity index (χ2v) is 5.49. The predicted molar refractivity (Wildman–Crippen MR) is 96.1 cm³/mol. The summed E-state index contributed by atoms with van der Waals surface area (Å²) < 4.78 is 0. The number of hydrogen-bond acceptors (Lipinski definition) is 5. The lowest BCUT2D eigenvalue weighted by Crippen LogP contribution is -2.26. The van der Waals surface area contributed by atoms with Crippen molar-refractivity contribution < 1.29 is 4.79 Å². The lowest BCUT2D eigenvalue weighted by molar-refractivity contribution is 0.0949. The van der Waals surface area contributed by atoms with Crippen LogP contribution in [0.2, 0.25) is 0 Å². The van der Waals surface area contributed by atoms with Crippen LogP contribution in [0, 0.1) is 0 Å². The topological polar surface area (TPSA) is 79.8 Å². The van der Waals surface area contributed by atoms with Gasteiger partial charge in [-0.15, -0.1) is 0 Å². The van der Waals surface area contributed by atoms with Gasteiger partial charge in [-0.25, -0.2) is 9.97 Å². The molecule has 3 rings (SSSR count). The molecule has 0 atom stereocenters. The van der Waals surface area contributed by atoms with Gasteiger partial charge in [-0.2, -0.15) is 0 Å². The van der Waals surface area contributed by atoms with Gasteiger partial charge in [0.15, 0.2) is 0 Å². The van der Waals surface area contributed by atoms with Crippen LogP contribution < -0.4 is 10.6 Å². The summed E-state index contributed by atoms with van der Waals surface area (Å²) in [7, 11) is 0. The molecule has 126 valence electrons. The zero-order valence-electron chi connectivity index (χ0n) is 13.7. The van der Waals surface area contributed by atoms with Crippen molar-refractivity contribution in [1.82, 2.24) is 20.3 Å². The number of anilines is 1. The highest BCUT2D eigenvalue weighted by Gasteiger charge is 2.08. The molecule has 0 radical (unpaired) electrons. The number of rotatable bonds is 7. The second kappa shape index (κ2) is 8.54. The number of carbonyl (C=O) groups is 1. The molecule has 0 spiro atoms. The molecule has 1 aromatic carbocycles. The van der Waals surface area contributed by atoms with Crippen molar-refractivity contribution in [2.45, 2.75) is 13.0 Å². The highest BCUT2D eigenvalue weighted by molar-refractivity contribution is 5.92. The lowest BCUT2D eigenvalue weighted by atomic mass is 10.1. The maximum atomic E-state index is 12.2. The molecule has 0 unspecified atom stereocenters. The zero-order chi connectivity index (χ0) is 17.3. The minimum Gasteiger partial charge on any atom is -0.366 e. The molecule has 0 saturated carbocycles. The van der Waals surface area contributed by atoms with E-state index >= 15 is 0 Å². The van der Waals surface area contributed by atoms with Gasteiger partial charge >= 0.3 is 0 Å². The quantitative estimate of drug-likeness (QED) is 0.694. The predicted octanol–water partition coefficient (Wildman–Crippen LogP) is 2.46. The number of aromatic nitrogens is 3. The van der Waals surface area contributed by atoms with Crippen LogP contribution >= 0.6 is 0 Å². The Labute approximate surface area is 146 Å². The van der Waals surface area contributed by atoms with E-state index in [1.165, 1.54) is 11.9 Å². The molecule has 6 nitrogen and oxygen atoms in total. The molecular formula is C19H19N5O. The van der Waals surface area contributed by atoms with Crippen molar-refractivity contribution in [3.63, 3.8) is 0 Å². The summed E-state index contributed by atoms with van der Waals surface area (Å²) in [4.78, 5) is 24.5.